The Balaban J connectivity index is 1.47. The highest BCUT2D eigenvalue weighted by Gasteiger charge is 2.39. The summed E-state index contributed by atoms with van der Waals surface area (Å²) in [4.78, 5) is 17.0. The zero-order valence-corrected chi connectivity index (χ0v) is 20.3. The summed E-state index contributed by atoms with van der Waals surface area (Å²) in [7, 11) is -5.60. The Morgan fingerprint density at radius 3 is 2.36 bits per heavy atom. The summed E-state index contributed by atoms with van der Waals surface area (Å²) in [6.45, 7) is 0.0502. The summed E-state index contributed by atoms with van der Waals surface area (Å²) in [6, 6.07) is 17.3. The molecule has 2 atom stereocenters. The highest BCUT2D eigenvalue weighted by atomic mass is 32.2. The van der Waals surface area contributed by atoms with Crippen LogP contribution in [0.4, 0.5) is 0 Å². The number of benzene rings is 2. The molecule has 1 aliphatic carbocycles. The normalized spacial score (nSPS) is 15.1. The second-order valence-corrected chi connectivity index (χ2v) is 10.5. The first-order valence-corrected chi connectivity index (χ1v) is 13.2. The minimum atomic E-state index is -4.05. The summed E-state index contributed by atoms with van der Waals surface area (Å²) in [5.74, 6) is 0.0695. The van der Waals surface area contributed by atoms with Crippen LogP contribution in [0.3, 0.4) is 0 Å². The molecular weight excluding hydrogens is 481 g/mol. The second-order valence-electron chi connectivity index (χ2n) is 8.79. The van der Waals surface area contributed by atoms with Crippen LogP contribution in [-0.4, -0.2) is 49.1 Å². The van der Waals surface area contributed by atoms with E-state index < -0.39 is 34.9 Å². The van der Waals surface area contributed by atoms with Gasteiger partial charge in [0.15, 0.2) is 0 Å². The molecule has 3 aromatic rings. The Kier molecular flexibility index (Phi) is 8.37. The quantitative estimate of drug-likeness (QED) is 0.275. The van der Waals surface area contributed by atoms with Crippen LogP contribution in [-0.2, 0) is 21.2 Å². The van der Waals surface area contributed by atoms with Crippen molar-refractivity contribution in [2.24, 2.45) is 5.92 Å². The van der Waals surface area contributed by atoms with Gasteiger partial charge in [-0.15, -0.1) is 0 Å². The van der Waals surface area contributed by atoms with Gasteiger partial charge in [-0.3, -0.25) is 9.78 Å². The van der Waals surface area contributed by atoms with E-state index in [-0.39, 0.29) is 23.8 Å². The summed E-state index contributed by atoms with van der Waals surface area (Å²) in [6.07, 6.45) is 5.04. The molecule has 4 N–H and O–H groups in total. The Morgan fingerprint density at radius 2 is 1.75 bits per heavy atom. The van der Waals surface area contributed by atoms with Gasteiger partial charge >= 0.3 is 7.12 Å². The van der Waals surface area contributed by atoms with Gasteiger partial charge in [0.2, 0.25) is 15.9 Å². The maximum absolute atomic E-state index is 13.1. The fourth-order valence-corrected chi connectivity index (χ4v) is 5.10. The third-order valence-corrected chi connectivity index (χ3v) is 7.51. The van der Waals surface area contributed by atoms with E-state index in [0.29, 0.717) is 11.5 Å². The summed E-state index contributed by atoms with van der Waals surface area (Å²) >= 11 is 0. The maximum atomic E-state index is 13.1. The number of rotatable bonds is 12. The van der Waals surface area contributed by atoms with E-state index in [1.165, 1.54) is 24.3 Å². The smallest absolute Gasteiger partial charge is 0.456 e. The number of carbonyl (C=O) groups excluding carboxylic acids is 1. The highest BCUT2D eigenvalue weighted by molar-refractivity contribution is 7.89. The number of nitrogens with zero attached hydrogens (tertiary/aromatic N) is 1. The SMILES string of the molecule is O=C(NCC(B(O)O)C1CC1)[C@H](Cc1ccccc1)NS(=O)(=O)c1ccc(Oc2cccnc2)cc1. The van der Waals surface area contributed by atoms with Crippen LogP contribution in [0.25, 0.3) is 0 Å². The third kappa shape index (κ3) is 7.14. The number of hydrogen-bond acceptors (Lipinski definition) is 7. The topological polar surface area (TPSA) is 138 Å². The Hall–Kier alpha value is -3.25. The van der Waals surface area contributed by atoms with E-state index >= 15 is 0 Å². The van der Waals surface area contributed by atoms with E-state index in [4.69, 9.17) is 4.74 Å². The van der Waals surface area contributed by atoms with Crippen molar-refractivity contribution < 1.29 is 28.0 Å². The lowest BCUT2D eigenvalue weighted by Crippen LogP contribution is -2.49. The molecule has 0 spiro atoms. The lowest BCUT2D eigenvalue weighted by molar-refractivity contribution is -0.122. The molecule has 4 rings (SSSR count). The van der Waals surface area contributed by atoms with Gasteiger partial charge < -0.3 is 20.1 Å². The lowest BCUT2D eigenvalue weighted by Gasteiger charge is -2.21. The number of ether oxygens (including phenoxy) is 1. The fourth-order valence-electron chi connectivity index (χ4n) is 3.90. The van der Waals surface area contributed by atoms with Crippen LogP contribution in [0.2, 0.25) is 5.82 Å². The van der Waals surface area contributed by atoms with Crippen molar-refractivity contribution in [3.8, 4) is 11.5 Å². The van der Waals surface area contributed by atoms with Crippen LogP contribution in [0.1, 0.15) is 18.4 Å². The van der Waals surface area contributed by atoms with Gasteiger partial charge in [0, 0.05) is 18.6 Å². The maximum Gasteiger partial charge on any atom is 0.456 e. The molecule has 1 aliphatic rings. The molecule has 0 saturated heterocycles. The molecule has 1 unspecified atom stereocenters. The van der Waals surface area contributed by atoms with Crippen molar-refractivity contribution in [3.05, 3.63) is 84.7 Å². The molecule has 1 amide bonds. The van der Waals surface area contributed by atoms with Crippen LogP contribution in [0, 0.1) is 5.92 Å². The summed E-state index contributed by atoms with van der Waals surface area (Å²) < 4.78 is 34.5. The Labute approximate surface area is 210 Å². The number of hydrogen-bond donors (Lipinski definition) is 4. The largest absolute Gasteiger partial charge is 0.456 e. The molecule has 36 heavy (non-hydrogen) atoms. The van der Waals surface area contributed by atoms with Crippen molar-refractivity contribution in [2.75, 3.05) is 6.54 Å². The molecule has 1 saturated carbocycles. The highest BCUT2D eigenvalue weighted by Crippen LogP contribution is 2.40. The van der Waals surface area contributed by atoms with E-state index in [9.17, 15) is 23.3 Å². The fraction of sp³-hybridized carbons (Fsp3) is 0.280. The number of carbonyl (C=O) groups is 1. The molecule has 188 valence electrons. The molecule has 11 heteroatoms. The average Bonchev–Trinajstić information content (AvgIpc) is 3.70. The zero-order valence-electron chi connectivity index (χ0n) is 19.5. The predicted octanol–water partition coefficient (Wildman–Crippen LogP) is 2.13. The van der Waals surface area contributed by atoms with Crippen molar-refractivity contribution in [1.82, 2.24) is 15.0 Å². The number of pyridine rings is 1. The Morgan fingerprint density at radius 1 is 1.03 bits per heavy atom. The molecule has 0 radical (unpaired) electrons. The number of aromatic nitrogens is 1. The van der Waals surface area contributed by atoms with Crippen molar-refractivity contribution in [2.45, 2.75) is 36.0 Å². The monoisotopic (exact) mass is 509 g/mol. The minimum absolute atomic E-state index is 0.0199. The lowest BCUT2D eigenvalue weighted by atomic mass is 9.69. The second kappa shape index (κ2) is 11.7. The van der Waals surface area contributed by atoms with Crippen molar-refractivity contribution in [3.63, 3.8) is 0 Å². The molecule has 0 aliphatic heterocycles. The van der Waals surface area contributed by atoms with E-state index in [1.807, 2.05) is 30.3 Å². The summed E-state index contributed by atoms with van der Waals surface area (Å²) in [5.41, 5.74) is 0.779. The van der Waals surface area contributed by atoms with Crippen LogP contribution < -0.4 is 14.8 Å². The minimum Gasteiger partial charge on any atom is -0.456 e. The average molecular weight is 509 g/mol. The molecule has 0 bridgehead atoms. The number of nitrogens with one attached hydrogen (secondary N) is 2. The van der Waals surface area contributed by atoms with Gasteiger partial charge in [-0.2, -0.15) is 4.72 Å². The van der Waals surface area contributed by atoms with Crippen LogP contribution in [0.5, 0.6) is 11.5 Å². The summed E-state index contributed by atoms with van der Waals surface area (Å²) in [5, 5.41) is 22.0. The molecule has 1 aromatic heterocycles. The molecule has 9 nitrogen and oxygen atoms in total. The Bertz CT molecular complexity index is 1240. The molecule has 1 fully saturated rings. The van der Waals surface area contributed by atoms with Gasteiger partial charge in [-0.05, 0) is 54.3 Å². The van der Waals surface area contributed by atoms with E-state index in [1.54, 1.807) is 24.5 Å². The van der Waals surface area contributed by atoms with Gasteiger partial charge in [-0.1, -0.05) is 43.2 Å². The van der Waals surface area contributed by atoms with Crippen LogP contribution >= 0.6 is 0 Å². The molecular formula is C25H28BN3O6S. The standard InChI is InChI=1S/C25H28BN3O6S/c30-25(28-17-23(26(31)32)19-8-9-19)24(15-18-5-2-1-3-6-18)29-36(33,34)22-12-10-20(11-13-22)35-21-7-4-14-27-16-21/h1-7,10-14,16,19,23-24,29,31-32H,8-9,15,17H2,(H,28,30)/t23?,24-/m0/s1. The predicted molar refractivity (Wildman–Crippen MR) is 135 cm³/mol. The third-order valence-electron chi connectivity index (χ3n) is 6.02. The zero-order chi connectivity index (χ0) is 25.5. The molecule has 1 heterocycles. The van der Waals surface area contributed by atoms with Crippen molar-refractivity contribution in [1.29, 1.82) is 0 Å². The number of amides is 1. The van der Waals surface area contributed by atoms with Crippen molar-refractivity contribution >= 4 is 23.0 Å². The first-order chi connectivity index (χ1) is 17.3. The first kappa shape index (κ1) is 25.8. The van der Waals surface area contributed by atoms with Gasteiger partial charge in [0.05, 0.1) is 11.1 Å². The van der Waals surface area contributed by atoms with Gasteiger partial charge in [0.25, 0.3) is 0 Å². The van der Waals surface area contributed by atoms with Gasteiger partial charge in [-0.25, -0.2) is 8.42 Å². The van der Waals surface area contributed by atoms with E-state index in [2.05, 4.69) is 15.0 Å². The van der Waals surface area contributed by atoms with Gasteiger partial charge in [0.1, 0.15) is 17.5 Å². The first-order valence-electron chi connectivity index (χ1n) is 11.7. The van der Waals surface area contributed by atoms with E-state index in [0.717, 1.165) is 18.4 Å². The van der Waals surface area contributed by atoms with Crippen LogP contribution in [0.15, 0.2) is 84.0 Å². The number of sulfonamides is 1. The molecule has 2 aromatic carbocycles.